The van der Waals surface area contributed by atoms with Crippen molar-refractivity contribution in [2.75, 3.05) is 6.61 Å². The molecule has 0 aliphatic carbocycles. The van der Waals surface area contributed by atoms with Gasteiger partial charge < -0.3 is 16.2 Å². The van der Waals surface area contributed by atoms with Crippen LogP contribution < -0.4 is 16.2 Å². The number of rotatable bonds is 5. The summed E-state index contributed by atoms with van der Waals surface area (Å²) in [6.45, 7) is 2.53. The Hall–Kier alpha value is -2.11. The third-order valence-corrected chi connectivity index (χ3v) is 1.80. The highest BCUT2D eigenvalue weighted by atomic mass is 19.1. The Morgan fingerprint density at radius 1 is 1.47 bits per heavy atom. The van der Waals surface area contributed by atoms with Gasteiger partial charge in [-0.15, -0.1) is 5.10 Å². The Kier molecular flexibility index (Phi) is 4.93. The van der Waals surface area contributed by atoms with E-state index in [2.05, 4.69) is 10.2 Å². The number of nitrogens with two attached hydrogens (primary N) is 2. The van der Waals surface area contributed by atoms with Crippen LogP contribution in [-0.2, 0) is 0 Å². The van der Waals surface area contributed by atoms with Gasteiger partial charge in [-0.25, -0.2) is 4.39 Å². The number of benzene rings is 1. The zero-order valence-electron chi connectivity index (χ0n) is 9.56. The molecule has 0 aliphatic heterocycles. The molecule has 0 unspecified atom stereocenters. The van der Waals surface area contributed by atoms with Crippen molar-refractivity contribution >= 4 is 12.2 Å². The van der Waals surface area contributed by atoms with Crippen LogP contribution in [0.15, 0.2) is 28.4 Å². The van der Waals surface area contributed by atoms with E-state index >= 15 is 0 Å². The van der Waals surface area contributed by atoms with Gasteiger partial charge in [-0.1, -0.05) is 6.92 Å². The molecule has 1 aromatic carbocycles. The lowest BCUT2D eigenvalue weighted by atomic mass is 10.2. The molecule has 0 saturated heterocycles. The average Bonchev–Trinajstić information content (AvgIpc) is 2.27. The summed E-state index contributed by atoms with van der Waals surface area (Å²) >= 11 is 0. The maximum absolute atomic E-state index is 13.1. The molecule has 0 spiro atoms. The van der Waals surface area contributed by atoms with Gasteiger partial charge in [0.25, 0.3) is 0 Å². The molecule has 0 atom stereocenters. The first-order valence-corrected chi connectivity index (χ1v) is 5.17. The van der Waals surface area contributed by atoms with Crippen LogP contribution in [0, 0.1) is 5.82 Å². The van der Waals surface area contributed by atoms with Gasteiger partial charge in [0.15, 0.2) is 0 Å². The number of nitrogens with zero attached hydrogens (tertiary/aromatic N) is 2. The van der Waals surface area contributed by atoms with Crippen LogP contribution in [0.2, 0.25) is 0 Å². The minimum absolute atomic E-state index is 0.159. The third-order valence-electron chi connectivity index (χ3n) is 1.80. The van der Waals surface area contributed by atoms with Gasteiger partial charge in [-0.05, 0) is 24.6 Å². The van der Waals surface area contributed by atoms with E-state index < -0.39 is 0 Å². The van der Waals surface area contributed by atoms with Crippen molar-refractivity contribution in [1.29, 1.82) is 0 Å². The highest BCUT2D eigenvalue weighted by Crippen LogP contribution is 2.18. The minimum atomic E-state index is -0.375. The molecule has 6 heteroatoms. The topological polar surface area (TPSA) is 86.0 Å². The highest BCUT2D eigenvalue weighted by molar-refractivity contribution is 5.84. The van der Waals surface area contributed by atoms with Crippen LogP contribution in [0.3, 0.4) is 0 Å². The lowest BCUT2D eigenvalue weighted by molar-refractivity contribution is 0.316. The van der Waals surface area contributed by atoms with Gasteiger partial charge >= 0.3 is 0 Å². The number of guanidine groups is 1. The molecule has 0 fully saturated rings. The molecule has 4 N–H and O–H groups in total. The van der Waals surface area contributed by atoms with Crippen LogP contribution >= 0.6 is 0 Å². The first-order chi connectivity index (χ1) is 8.13. The Morgan fingerprint density at radius 3 is 2.88 bits per heavy atom. The second-order valence-corrected chi connectivity index (χ2v) is 3.30. The molecular weight excluding hydrogens is 223 g/mol. The largest absolute Gasteiger partial charge is 0.493 e. The predicted octanol–water partition coefficient (Wildman–Crippen LogP) is 1.22. The fraction of sp³-hybridized carbons (Fsp3) is 0.273. The Labute approximate surface area is 99.0 Å². The molecule has 5 nitrogen and oxygen atoms in total. The number of halogens is 1. The van der Waals surface area contributed by atoms with E-state index in [1.165, 1.54) is 18.3 Å². The normalized spacial score (nSPS) is 10.5. The van der Waals surface area contributed by atoms with E-state index in [4.69, 9.17) is 16.2 Å². The summed E-state index contributed by atoms with van der Waals surface area (Å²) in [6, 6.07) is 4.17. The highest BCUT2D eigenvalue weighted by Gasteiger charge is 2.03. The van der Waals surface area contributed by atoms with E-state index in [0.29, 0.717) is 17.9 Å². The van der Waals surface area contributed by atoms with Crippen molar-refractivity contribution < 1.29 is 9.13 Å². The maximum atomic E-state index is 13.1. The molecule has 17 heavy (non-hydrogen) atoms. The summed E-state index contributed by atoms with van der Waals surface area (Å²) < 4.78 is 18.5. The van der Waals surface area contributed by atoms with Gasteiger partial charge in [-0.3, -0.25) is 0 Å². The second kappa shape index (κ2) is 6.47. The summed E-state index contributed by atoms with van der Waals surface area (Å²) in [5.41, 5.74) is 10.7. The fourth-order valence-electron chi connectivity index (χ4n) is 1.12. The van der Waals surface area contributed by atoms with Crippen molar-refractivity contribution in [3.8, 4) is 5.75 Å². The van der Waals surface area contributed by atoms with Crippen LogP contribution in [-0.4, -0.2) is 18.8 Å². The van der Waals surface area contributed by atoms with Crippen LogP contribution in [0.1, 0.15) is 18.9 Å². The molecule has 1 aromatic rings. The monoisotopic (exact) mass is 238 g/mol. The number of hydrogen-bond donors (Lipinski definition) is 2. The van der Waals surface area contributed by atoms with Crippen LogP contribution in [0.5, 0.6) is 5.75 Å². The summed E-state index contributed by atoms with van der Waals surface area (Å²) in [5, 5.41) is 7.05. The molecule has 0 saturated carbocycles. The molecule has 0 heterocycles. The van der Waals surface area contributed by atoms with Crippen molar-refractivity contribution in [1.82, 2.24) is 0 Å². The Balaban J connectivity index is 2.90. The van der Waals surface area contributed by atoms with Gasteiger partial charge in [0, 0.05) is 5.56 Å². The average molecular weight is 238 g/mol. The number of hydrogen-bond acceptors (Lipinski definition) is 3. The smallest absolute Gasteiger partial charge is 0.211 e. The van der Waals surface area contributed by atoms with Crippen molar-refractivity contribution in [2.24, 2.45) is 21.7 Å². The van der Waals surface area contributed by atoms with E-state index in [1.54, 1.807) is 6.07 Å². The number of ether oxygens (including phenoxy) is 1. The summed E-state index contributed by atoms with van der Waals surface area (Å²) in [7, 11) is 0. The Morgan fingerprint density at radius 2 is 2.24 bits per heavy atom. The summed E-state index contributed by atoms with van der Waals surface area (Å²) in [4.78, 5) is 0. The van der Waals surface area contributed by atoms with E-state index in [1.807, 2.05) is 6.92 Å². The lowest BCUT2D eigenvalue weighted by Crippen LogP contribution is -2.21. The second-order valence-electron chi connectivity index (χ2n) is 3.30. The lowest BCUT2D eigenvalue weighted by Gasteiger charge is -2.07. The SMILES string of the molecule is CCCOc1ccc(F)cc1C=NN=C(N)N. The quantitative estimate of drug-likeness (QED) is 0.459. The third kappa shape index (κ3) is 4.50. The van der Waals surface area contributed by atoms with Gasteiger partial charge in [0.1, 0.15) is 11.6 Å². The molecular formula is C11H15FN4O. The van der Waals surface area contributed by atoms with Crippen LogP contribution in [0.25, 0.3) is 0 Å². The summed E-state index contributed by atoms with van der Waals surface area (Å²) in [6.07, 6.45) is 2.20. The molecule has 0 bridgehead atoms. The van der Waals surface area contributed by atoms with Crippen LogP contribution in [0.4, 0.5) is 4.39 Å². The molecule has 1 rings (SSSR count). The van der Waals surface area contributed by atoms with E-state index in [-0.39, 0.29) is 11.8 Å². The first kappa shape index (κ1) is 13.0. The minimum Gasteiger partial charge on any atom is -0.493 e. The van der Waals surface area contributed by atoms with E-state index in [0.717, 1.165) is 6.42 Å². The van der Waals surface area contributed by atoms with Crippen molar-refractivity contribution in [3.05, 3.63) is 29.6 Å². The van der Waals surface area contributed by atoms with Gasteiger partial charge in [-0.2, -0.15) is 5.10 Å². The van der Waals surface area contributed by atoms with Crippen molar-refractivity contribution in [2.45, 2.75) is 13.3 Å². The van der Waals surface area contributed by atoms with Gasteiger partial charge in [0.2, 0.25) is 5.96 Å². The zero-order chi connectivity index (χ0) is 12.7. The molecule has 0 radical (unpaired) electrons. The standard InChI is InChI=1S/C11H15FN4O/c1-2-5-17-10-4-3-9(12)6-8(10)7-15-16-11(13)14/h3-4,6-7H,2,5H2,1H3,(H4,13,14,16). The molecule has 92 valence electrons. The predicted molar refractivity (Wildman–Crippen MR) is 65.6 cm³/mol. The van der Waals surface area contributed by atoms with E-state index in [9.17, 15) is 4.39 Å². The van der Waals surface area contributed by atoms with Gasteiger partial charge in [0.05, 0.1) is 12.8 Å². The molecule has 0 amide bonds. The maximum Gasteiger partial charge on any atom is 0.211 e. The summed E-state index contributed by atoms with van der Waals surface area (Å²) in [5.74, 6) is 0.0106. The Bertz CT molecular complexity index is 427. The first-order valence-electron chi connectivity index (χ1n) is 5.17. The fourth-order valence-corrected chi connectivity index (χ4v) is 1.12. The molecule has 0 aromatic heterocycles. The zero-order valence-corrected chi connectivity index (χ0v) is 9.56. The van der Waals surface area contributed by atoms with Crippen molar-refractivity contribution in [3.63, 3.8) is 0 Å². The molecule has 0 aliphatic rings.